The Morgan fingerprint density at radius 1 is 1.22 bits per heavy atom. The molecule has 0 bridgehead atoms. The lowest BCUT2D eigenvalue weighted by molar-refractivity contribution is -0.133. The van der Waals surface area contributed by atoms with E-state index in [1.807, 2.05) is 0 Å². The van der Waals surface area contributed by atoms with Crippen LogP contribution in [0.3, 0.4) is 0 Å². The van der Waals surface area contributed by atoms with Gasteiger partial charge in [-0.15, -0.1) is 0 Å². The zero-order valence-electron chi connectivity index (χ0n) is 10.9. The molecule has 2 aliphatic rings. The summed E-state index contributed by atoms with van der Waals surface area (Å²) < 4.78 is 5.22. The Morgan fingerprint density at radius 3 is 2.39 bits per heavy atom. The van der Waals surface area contributed by atoms with Gasteiger partial charge in [0.05, 0.1) is 11.0 Å². The maximum atomic E-state index is 12.2. The van der Waals surface area contributed by atoms with Gasteiger partial charge in [0.1, 0.15) is 0 Å². The third-order valence-corrected chi connectivity index (χ3v) is 4.43. The standard InChI is InChI=1S/C13H24N2O3/c14-9-12(3-1-2-4-12)11(16)15-10-13(17)5-7-18-8-6-13/h17H,1-10,14H2,(H,15,16). The van der Waals surface area contributed by atoms with Gasteiger partial charge in [-0.2, -0.15) is 0 Å². The SMILES string of the molecule is NCC1(C(=O)NCC2(O)CCOCC2)CCCC1. The first-order chi connectivity index (χ1) is 8.60. The third kappa shape index (κ3) is 2.84. The minimum absolute atomic E-state index is 0.0161. The fourth-order valence-electron chi connectivity index (χ4n) is 2.94. The number of aliphatic hydroxyl groups is 1. The van der Waals surface area contributed by atoms with Crippen LogP contribution in [0.15, 0.2) is 0 Å². The van der Waals surface area contributed by atoms with Gasteiger partial charge in [0.15, 0.2) is 0 Å². The molecule has 104 valence electrons. The molecule has 0 atom stereocenters. The van der Waals surface area contributed by atoms with Crippen LogP contribution < -0.4 is 11.1 Å². The van der Waals surface area contributed by atoms with E-state index in [1.165, 1.54) is 0 Å². The van der Waals surface area contributed by atoms with Crippen LogP contribution in [0.1, 0.15) is 38.5 Å². The number of hydrogen-bond donors (Lipinski definition) is 3. The molecule has 1 saturated heterocycles. The average Bonchev–Trinajstić information content (AvgIpc) is 2.87. The molecule has 5 nitrogen and oxygen atoms in total. The summed E-state index contributed by atoms with van der Waals surface area (Å²) in [4.78, 5) is 12.2. The number of nitrogens with one attached hydrogen (secondary N) is 1. The van der Waals surface area contributed by atoms with E-state index >= 15 is 0 Å². The first-order valence-corrected chi connectivity index (χ1v) is 6.89. The Kier molecular flexibility index (Phi) is 4.25. The lowest BCUT2D eigenvalue weighted by atomic mass is 9.84. The molecule has 18 heavy (non-hydrogen) atoms. The van der Waals surface area contributed by atoms with Gasteiger partial charge in [-0.3, -0.25) is 4.79 Å². The molecule has 5 heteroatoms. The van der Waals surface area contributed by atoms with E-state index in [2.05, 4.69) is 5.32 Å². The molecule has 1 saturated carbocycles. The first kappa shape index (κ1) is 13.8. The fourth-order valence-corrected chi connectivity index (χ4v) is 2.94. The molecule has 0 radical (unpaired) electrons. The summed E-state index contributed by atoms with van der Waals surface area (Å²) in [6.45, 7) is 1.85. The van der Waals surface area contributed by atoms with E-state index in [9.17, 15) is 9.90 Å². The van der Waals surface area contributed by atoms with Crippen LogP contribution in [0.4, 0.5) is 0 Å². The molecular weight excluding hydrogens is 232 g/mol. The van der Waals surface area contributed by atoms with Gasteiger partial charge in [-0.1, -0.05) is 12.8 Å². The van der Waals surface area contributed by atoms with E-state index in [0.717, 1.165) is 25.7 Å². The quantitative estimate of drug-likeness (QED) is 0.669. The van der Waals surface area contributed by atoms with Crippen molar-refractivity contribution in [2.45, 2.75) is 44.1 Å². The van der Waals surface area contributed by atoms with Crippen molar-refractivity contribution in [3.8, 4) is 0 Å². The van der Waals surface area contributed by atoms with Gasteiger partial charge in [0, 0.05) is 39.1 Å². The van der Waals surface area contributed by atoms with Crippen LogP contribution in [-0.2, 0) is 9.53 Å². The van der Waals surface area contributed by atoms with E-state index in [4.69, 9.17) is 10.5 Å². The molecule has 1 heterocycles. The van der Waals surface area contributed by atoms with Crippen LogP contribution in [-0.4, -0.2) is 42.9 Å². The second-order valence-corrected chi connectivity index (χ2v) is 5.71. The Hall–Kier alpha value is -0.650. The van der Waals surface area contributed by atoms with Crippen molar-refractivity contribution in [3.63, 3.8) is 0 Å². The van der Waals surface area contributed by atoms with Crippen LogP contribution in [0, 0.1) is 5.41 Å². The van der Waals surface area contributed by atoms with Gasteiger partial charge in [0.25, 0.3) is 0 Å². The van der Waals surface area contributed by atoms with Crippen LogP contribution in [0.5, 0.6) is 0 Å². The van der Waals surface area contributed by atoms with Gasteiger partial charge in [-0.05, 0) is 12.8 Å². The normalized spacial score (nSPS) is 25.9. The summed E-state index contributed by atoms with van der Waals surface area (Å²) in [5.74, 6) is 0.0161. The fraction of sp³-hybridized carbons (Fsp3) is 0.923. The predicted molar refractivity (Wildman–Crippen MR) is 68.0 cm³/mol. The summed E-state index contributed by atoms with van der Waals surface area (Å²) in [5.41, 5.74) is 4.58. The zero-order valence-corrected chi connectivity index (χ0v) is 10.9. The highest BCUT2D eigenvalue weighted by molar-refractivity contribution is 5.83. The molecule has 1 aliphatic heterocycles. The number of rotatable bonds is 4. The summed E-state index contributed by atoms with van der Waals surface area (Å²) >= 11 is 0. The molecule has 4 N–H and O–H groups in total. The third-order valence-electron chi connectivity index (χ3n) is 4.43. The summed E-state index contributed by atoms with van der Waals surface area (Å²) in [6.07, 6.45) is 5.06. The summed E-state index contributed by atoms with van der Waals surface area (Å²) in [6, 6.07) is 0. The van der Waals surface area contributed by atoms with Gasteiger partial charge in [-0.25, -0.2) is 0 Å². The van der Waals surface area contributed by atoms with E-state index in [-0.39, 0.29) is 11.3 Å². The van der Waals surface area contributed by atoms with Crippen LogP contribution >= 0.6 is 0 Å². The number of amides is 1. The number of carbonyl (C=O) groups is 1. The maximum absolute atomic E-state index is 12.2. The highest BCUT2D eigenvalue weighted by Crippen LogP contribution is 2.37. The number of hydrogen-bond acceptors (Lipinski definition) is 4. The zero-order chi connectivity index (χ0) is 13.1. The molecular formula is C13H24N2O3. The first-order valence-electron chi connectivity index (χ1n) is 6.89. The predicted octanol–water partition coefficient (Wildman–Crippen LogP) is 0.163. The van der Waals surface area contributed by atoms with Crippen molar-refractivity contribution in [2.75, 3.05) is 26.3 Å². The van der Waals surface area contributed by atoms with Crippen molar-refractivity contribution >= 4 is 5.91 Å². The lowest BCUT2D eigenvalue weighted by Gasteiger charge is -2.34. The summed E-state index contributed by atoms with van der Waals surface area (Å²) in [7, 11) is 0. The van der Waals surface area contributed by atoms with Crippen LogP contribution in [0.2, 0.25) is 0 Å². The smallest absolute Gasteiger partial charge is 0.227 e. The Morgan fingerprint density at radius 2 is 1.83 bits per heavy atom. The van der Waals surface area contributed by atoms with E-state index < -0.39 is 5.60 Å². The minimum atomic E-state index is -0.803. The molecule has 0 aromatic carbocycles. The van der Waals surface area contributed by atoms with Crippen LogP contribution in [0.25, 0.3) is 0 Å². The van der Waals surface area contributed by atoms with Crippen molar-refractivity contribution in [3.05, 3.63) is 0 Å². The largest absolute Gasteiger partial charge is 0.388 e. The van der Waals surface area contributed by atoms with Crippen molar-refractivity contribution in [1.29, 1.82) is 0 Å². The number of ether oxygens (including phenoxy) is 1. The number of carbonyl (C=O) groups excluding carboxylic acids is 1. The minimum Gasteiger partial charge on any atom is -0.388 e. The second kappa shape index (κ2) is 5.55. The molecule has 1 amide bonds. The van der Waals surface area contributed by atoms with Gasteiger partial charge >= 0.3 is 0 Å². The van der Waals surface area contributed by atoms with E-state index in [1.54, 1.807) is 0 Å². The maximum Gasteiger partial charge on any atom is 0.227 e. The second-order valence-electron chi connectivity index (χ2n) is 5.71. The lowest BCUT2D eigenvalue weighted by Crippen LogP contribution is -2.51. The molecule has 0 aromatic rings. The monoisotopic (exact) mass is 256 g/mol. The Bertz CT molecular complexity index is 295. The highest BCUT2D eigenvalue weighted by Gasteiger charge is 2.41. The summed E-state index contributed by atoms with van der Waals surface area (Å²) in [5, 5.41) is 13.2. The van der Waals surface area contributed by atoms with Crippen molar-refractivity contribution in [2.24, 2.45) is 11.1 Å². The molecule has 2 rings (SSSR count). The molecule has 2 fully saturated rings. The van der Waals surface area contributed by atoms with E-state index in [0.29, 0.717) is 39.1 Å². The van der Waals surface area contributed by atoms with Crippen molar-refractivity contribution < 1.29 is 14.6 Å². The molecule has 1 aliphatic carbocycles. The van der Waals surface area contributed by atoms with Gasteiger partial charge < -0.3 is 20.9 Å². The molecule has 0 unspecified atom stereocenters. The van der Waals surface area contributed by atoms with Crippen molar-refractivity contribution in [1.82, 2.24) is 5.32 Å². The molecule has 0 spiro atoms. The average molecular weight is 256 g/mol. The Balaban J connectivity index is 1.87. The number of nitrogens with two attached hydrogens (primary N) is 1. The Labute approximate surface area is 108 Å². The highest BCUT2D eigenvalue weighted by atomic mass is 16.5. The molecule has 0 aromatic heterocycles. The topological polar surface area (TPSA) is 84.6 Å². The van der Waals surface area contributed by atoms with Gasteiger partial charge in [0.2, 0.25) is 5.91 Å².